The van der Waals surface area contributed by atoms with Gasteiger partial charge in [0.1, 0.15) is 5.82 Å². The number of likely N-dealkylation sites (N-methyl/N-ethyl adjacent to an activating group) is 1. The lowest BCUT2D eigenvalue weighted by molar-refractivity contribution is -0.141. The largest absolute Gasteiger partial charge is 0.468 e. The maximum Gasteiger partial charge on any atom is 0.319 e. The zero-order valence-electron chi connectivity index (χ0n) is 8.74. The van der Waals surface area contributed by atoms with Crippen molar-refractivity contribution in [3.8, 4) is 0 Å². The smallest absolute Gasteiger partial charge is 0.319 e. The molecule has 0 unspecified atom stereocenters. The Labute approximate surface area is 87.7 Å². The lowest BCUT2D eigenvalue weighted by atomic mass is 10.2. The van der Waals surface area contributed by atoms with E-state index >= 15 is 0 Å². The summed E-state index contributed by atoms with van der Waals surface area (Å²) in [6, 6.07) is 1.39. The van der Waals surface area contributed by atoms with E-state index in [1.807, 2.05) is 0 Å². The summed E-state index contributed by atoms with van der Waals surface area (Å²) in [7, 11) is 3.09. The molecule has 0 aliphatic carbocycles. The SMILES string of the molecule is COC(=O)CN(C)Cc1cncc(F)c1. The van der Waals surface area contributed by atoms with Gasteiger partial charge in [-0.2, -0.15) is 0 Å². The summed E-state index contributed by atoms with van der Waals surface area (Å²) in [6.45, 7) is 0.632. The van der Waals surface area contributed by atoms with Crippen LogP contribution in [0.3, 0.4) is 0 Å². The molecule has 0 spiro atoms. The number of carbonyl (C=O) groups is 1. The van der Waals surface area contributed by atoms with Gasteiger partial charge in [0.15, 0.2) is 0 Å². The quantitative estimate of drug-likeness (QED) is 0.693. The van der Waals surface area contributed by atoms with Crippen molar-refractivity contribution in [2.75, 3.05) is 20.7 Å². The second kappa shape index (κ2) is 5.41. The Balaban J connectivity index is 2.51. The third kappa shape index (κ3) is 4.03. The Kier molecular flexibility index (Phi) is 4.17. The maximum atomic E-state index is 12.8. The first-order chi connectivity index (χ1) is 7.11. The zero-order chi connectivity index (χ0) is 11.3. The fraction of sp³-hybridized carbons (Fsp3) is 0.400. The number of halogens is 1. The summed E-state index contributed by atoms with van der Waals surface area (Å²) in [5.74, 6) is -0.694. The third-order valence-electron chi connectivity index (χ3n) is 1.84. The van der Waals surface area contributed by atoms with E-state index in [2.05, 4.69) is 9.72 Å². The van der Waals surface area contributed by atoms with Crippen LogP contribution in [-0.2, 0) is 16.1 Å². The normalized spacial score (nSPS) is 10.4. The first kappa shape index (κ1) is 11.6. The molecule has 0 aliphatic rings. The number of hydrogen-bond donors (Lipinski definition) is 0. The second-order valence-corrected chi connectivity index (χ2v) is 3.26. The van der Waals surface area contributed by atoms with Gasteiger partial charge in [-0.15, -0.1) is 0 Å². The summed E-state index contributed by atoms with van der Waals surface area (Å²) < 4.78 is 17.3. The lowest BCUT2D eigenvalue weighted by Crippen LogP contribution is -2.26. The molecule has 0 amide bonds. The molecular weight excluding hydrogens is 199 g/mol. The molecule has 0 saturated carbocycles. The van der Waals surface area contributed by atoms with Crippen LogP contribution in [0, 0.1) is 5.82 Å². The predicted molar refractivity (Wildman–Crippen MR) is 52.5 cm³/mol. The molecule has 0 aromatic carbocycles. The van der Waals surface area contributed by atoms with E-state index in [9.17, 15) is 9.18 Å². The molecule has 15 heavy (non-hydrogen) atoms. The predicted octanol–water partition coefficient (Wildman–Crippen LogP) is 0.825. The number of esters is 1. The van der Waals surface area contributed by atoms with Crippen molar-refractivity contribution < 1.29 is 13.9 Å². The van der Waals surface area contributed by atoms with E-state index in [4.69, 9.17) is 0 Å². The molecule has 0 bridgehead atoms. The summed E-state index contributed by atoms with van der Waals surface area (Å²) >= 11 is 0. The number of ether oxygens (including phenoxy) is 1. The molecule has 0 radical (unpaired) electrons. The van der Waals surface area contributed by atoms with Crippen LogP contribution in [0.1, 0.15) is 5.56 Å². The van der Waals surface area contributed by atoms with E-state index in [1.165, 1.54) is 13.2 Å². The third-order valence-corrected chi connectivity index (χ3v) is 1.84. The van der Waals surface area contributed by atoms with E-state index in [0.29, 0.717) is 6.54 Å². The van der Waals surface area contributed by atoms with E-state index < -0.39 is 0 Å². The number of methoxy groups -OCH3 is 1. The second-order valence-electron chi connectivity index (χ2n) is 3.26. The van der Waals surface area contributed by atoms with Crippen LogP contribution in [0.2, 0.25) is 0 Å². The van der Waals surface area contributed by atoms with Crippen molar-refractivity contribution in [1.29, 1.82) is 0 Å². The van der Waals surface area contributed by atoms with Gasteiger partial charge in [0.2, 0.25) is 0 Å². The van der Waals surface area contributed by atoms with Crippen LogP contribution in [0.15, 0.2) is 18.5 Å². The average molecular weight is 212 g/mol. The summed E-state index contributed by atoms with van der Waals surface area (Å²) in [5, 5.41) is 0. The van der Waals surface area contributed by atoms with E-state index in [-0.39, 0.29) is 18.3 Å². The van der Waals surface area contributed by atoms with Crippen molar-refractivity contribution in [2.45, 2.75) is 6.54 Å². The number of nitrogens with zero attached hydrogens (tertiary/aromatic N) is 2. The van der Waals surface area contributed by atoms with Crippen molar-refractivity contribution in [1.82, 2.24) is 9.88 Å². The number of hydrogen-bond acceptors (Lipinski definition) is 4. The highest BCUT2D eigenvalue weighted by Gasteiger charge is 2.07. The standard InChI is InChI=1S/C10H13FN2O2/c1-13(7-10(14)15-2)6-8-3-9(11)5-12-4-8/h3-5H,6-7H2,1-2H3. The molecule has 5 heteroatoms. The minimum Gasteiger partial charge on any atom is -0.468 e. The Morgan fingerprint density at radius 1 is 1.60 bits per heavy atom. The molecule has 0 fully saturated rings. The Morgan fingerprint density at radius 3 is 2.93 bits per heavy atom. The van der Waals surface area contributed by atoms with Gasteiger partial charge >= 0.3 is 5.97 Å². The maximum absolute atomic E-state index is 12.8. The minimum atomic E-state index is -0.376. The molecular formula is C10H13FN2O2. The average Bonchev–Trinajstić information content (AvgIpc) is 2.17. The molecule has 0 atom stereocenters. The van der Waals surface area contributed by atoms with Crippen molar-refractivity contribution >= 4 is 5.97 Å². The summed E-state index contributed by atoms with van der Waals surface area (Å²) in [6.07, 6.45) is 2.71. The van der Waals surface area contributed by atoms with Crippen LogP contribution >= 0.6 is 0 Å². The molecule has 0 N–H and O–H groups in total. The summed E-state index contributed by atoms with van der Waals surface area (Å²) in [4.78, 5) is 16.4. The van der Waals surface area contributed by atoms with Crippen LogP contribution in [0.5, 0.6) is 0 Å². The Hall–Kier alpha value is -1.49. The van der Waals surface area contributed by atoms with Gasteiger partial charge in [0, 0.05) is 12.7 Å². The molecule has 1 aromatic heterocycles. The van der Waals surface area contributed by atoms with E-state index in [0.717, 1.165) is 11.8 Å². The zero-order valence-corrected chi connectivity index (χ0v) is 8.74. The highest BCUT2D eigenvalue weighted by atomic mass is 19.1. The molecule has 1 aromatic rings. The van der Waals surface area contributed by atoms with Gasteiger partial charge in [-0.3, -0.25) is 14.7 Å². The Morgan fingerprint density at radius 2 is 2.33 bits per heavy atom. The number of rotatable bonds is 4. The highest BCUT2D eigenvalue weighted by molar-refractivity contribution is 5.71. The molecule has 1 rings (SSSR count). The van der Waals surface area contributed by atoms with Gasteiger partial charge in [0.05, 0.1) is 19.9 Å². The van der Waals surface area contributed by atoms with Crippen LogP contribution in [0.4, 0.5) is 4.39 Å². The van der Waals surface area contributed by atoms with Gasteiger partial charge < -0.3 is 4.74 Å². The summed E-state index contributed by atoms with van der Waals surface area (Å²) in [5.41, 5.74) is 0.724. The Bertz CT molecular complexity index is 344. The first-order valence-electron chi connectivity index (χ1n) is 4.46. The van der Waals surface area contributed by atoms with Gasteiger partial charge in [0.25, 0.3) is 0 Å². The van der Waals surface area contributed by atoms with Gasteiger partial charge in [-0.05, 0) is 18.7 Å². The molecule has 0 saturated heterocycles. The number of aromatic nitrogens is 1. The van der Waals surface area contributed by atoms with E-state index in [1.54, 1.807) is 18.1 Å². The highest BCUT2D eigenvalue weighted by Crippen LogP contribution is 2.03. The van der Waals surface area contributed by atoms with Crippen LogP contribution < -0.4 is 0 Å². The molecule has 0 aliphatic heterocycles. The lowest BCUT2D eigenvalue weighted by Gasteiger charge is -2.14. The van der Waals surface area contributed by atoms with Gasteiger partial charge in [-0.25, -0.2) is 4.39 Å². The number of carbonyl (C=O) groups excluding carboxylic acids is 1. The molecule has 1 heterocycles. The fourth-order valence-electron chi connectivity index (χ4n) is 1.19. The fourth-order valence-corrected chi connectivity index (χ4v) is 1.19. The number of pyridine rings is 1. The first-order valence-corrected chi connectivity index (χ1v) is 4.46. The molecule has 82 valence electrons. The van der Waals surface area contributed by atoms with Crippen molar-refractivity contribution in [3.05, 3.63) is 29.8 Å². The molecule has 4 nitrogen and oxygen atoms in total. The van der Waals surface area contributed by atoms with Gasteiger partial charge in [-0.1, -0.05) is 0 Å². The minimum absolute atomic E-state index is 0.174. The topological polar surface area (TPSA) is 42.4 Å². The van der Waals surface area contributed by atoms with Crippen LogP contribution in [0.25, 0.3) is 0 Å². The van der Waals surface area contributed by atoms with Crippen molar-refractivity contribution in [2.24, 2.45) is 0 Å². The van der Waals surface area contributed by atoms with Crippen LogP contribution in [-0.4, -0.2) is 36.6 Å². The van der Waals surface area contributed by atoms with Crippen molar-refractivity contribution in [3.63, 3.8) is 0 Å². The monoisotopic (exact) mass is 212 g/mol.